The van der Waals surface area contributed by atoms with Gasteiger partial charge in [0.25, 0.3) is 0 Å². The Morgan fingerprint density at radius 1 is 0.577 bits per heavy atom. The van der Waals surface area contributed by atoms with Gasteiger partial charge >= 0.3 is 12.4 Å². The highest BCUT2D eigenvalue weighted by atomic mass is 19.4. The van der Waals surface area contributed by atoms with Crippen molar-refractivity contribution in [3.05, 3.63) is 70.8 Å². The molecule has 0 aliphatic carbocycles. The fourth-order valence-electron chi connectivity index (χ4n) is 1.68. The number of halogens is 6. The smallest absolute Gasteiger partial charge is 0.384 e. The van der Waals surface area contributed by atoms with Gasteiger partial charge in [0, 0.05) is 11.1 Å². The van der Waals surface area contributed by atoms with Crippen molar-refractivity contribution in [2.75, 3.05) is 0 Å². The lowest BCUT2D eigenvalue weighted by atomic mass is 10.1. The Kier molecular flexibility index (Phi) is 6.38. The number of nitrogen functional groups attached to an aromatic ring is 2. The highest BCUT2D eigenvalue weighted by Crippen LogP contribution is 2.29. The summed E-state index contributed by atoms with van der Waals surface area (Å²) in [4.78, 5) is 0. The molecule has 0 aromatic heterocycles. The molecule has 4 nitrogen and oxygen atoms in total. The minimum absolute atomic E-state index is 0.242. The minimum Gasteiger partial charge on any atom is -0.384 e. The number of nitrogens with one attached hydrogen (secondary N) is 2. The van der Waals surface area contributed by atoms with Gasteiger partial charge in [-0.15, -0.1) is 0 Å². The second-order valence-electron chi connectivity index (χ2n) is 4.98. The summed E-state index contributed by atoms with van der Waals surface area (Å²) in [6.45, 7) is 0. The standard InChI is InChI=1S/2C8H7F3N2/c2*9-8(10,11)6-3-1-5(2-4-6)7(12)13/h2*1-4H,(H3,12,13). The van der Waals surface area contributed by atoms with Crippen molar-refractivity contribution in [2.45, 2.75) is 12.4 Å². The minimum atomic E-state index is -4.34. The molecule has 0 spiro atoms. The van der Waals surface area contributed by atoms with Crippen LogP contribution in [-0.4, -0.2) is 11.7 Å². The van der Waals surface area contributed by atoms with Crippen molar-refractivity contribution in [2.24, 2.45) is 11.5 Å². The van der Waals surface area contributed by atoms with Crippen LogP contribution in [0.4, 0.5) is 26.3 Å². The van der Waals surface area contributed by atoms with Gasteiger partial charge in [-0.1, -0.05) is 24.3 Å². The van der Waals surface area contributed by atoms with Gasteiger partial charge in [-0.3, -0.25) is 10.8 Å². The third kappa shape index (κ3) is 6.11. The van der Waals surface area contributed by atoms with Gasteiger partial charge in [-0.25, -0.2) is 0 Å². The van der Waals surface area contributed by atoms with Gasteiger partial charge in [-0.2, -0.15) is 26.3 Å². The van der Waals surface area contributed by atoms with E-state index in [1.54, 1.807) is 0 Å². The van der Waals surface area contributed by atoms with Crippen LogP contribution in [0.25, 0.3) is 0 Å². The van der Waals surface area contributed by atoms with E-state index in [2.05, 4.69) is 0 Å². The summed E-state index contributed by atoms with van der Waals surface area (Å²) in [5, 5.41) is 13.9. The van der Waals surface area contributed by atoms with E-state index in [4.69, 9.17) is 22.3 Å². The molecule has 6 N–H and O–H groups in total. The first-order valence-corrected chi connectivity index (χ1v) is 6.85. The molecule has 0 saturated carbocycles. The SMILES string of the molecule is N=C(N)c1ccc(C(F)(F)F)cc1.N=C(N)c1ccc(C(F)(F)F)cc1. The van der Waals surface area contributed by atoms with E-state index in [-0.39, 0.29) is 22.8 Å². The van der Waals surface area contributed by atoms with E-state index in [0.717, 1.165) is 24.3 Å². The monoisotopic (exact) mass is 376 g/mol. The summed E-state index contributed by atoms with van der Waals surface area (Å²) in [6, 6.07) is 8.29. The molecule has 0 fully saturated rings. The van der Waals surface area contributed by atoms with E-state index in [0.29, 0.717) is 0 Å². The first-order chi connectivity index (χ1) is 11.8. The van der Waals surface area contributed by atoms with Crippen molar-refractivity contribution in [1.82, 2.24) is 0 Å². The number of alkyl halides is 6. The molecule has 0 unspecified atom stereocenters. The van der Waals surface area contributed by atoms with E-state index in [1.165, 1.54) is 24.3 Å². The number of hydrogen-bond acceptors (Lipinski definition) is 2. The average molecular weight is 376 g/mol. The number of benzene rings is 2. The Bertz CT molecular complexity index is 694. The van der Waals surface area contributed by atoms with Crippen LogP contribution < -0.4 is 11.5 Å². The normalized spacial score (nSPS) is 11.3. The molecule has 0 heterocycles. The van der Waals surface area contributed by atoms with Crippen LogP contribution in [0.3, 0.4) is 0 Å². The van der Waals surface area contributed by atoms with Crippen LogP contribution in [0.2, 0.25) is 0 Å². The number of nitrogens with two attached hydrogens (primary N) is 2. The molecule has 0 radical (unpaired) electrons. The van der Waals surface area contributed by atoms with Crippen molar-refractivity contribution in [3.63, 3.8) is 0 Å². The van der Waals surface area contributed by atoms with Crippen LogP contribution in [0.1, 0.15) is 22.3 Å². The average Bonchev–Trinajstić information content (AvgIpc) is 2.54. The van der Waals surface area contributed by atoms with Gasteiger partial charge in [0.2, 0.25) is 0 Å². The second-order valence-corrected chi connectivity index (χ2v) is 4.98. The molecule has 26 heavy (non-hydrogen) atoms. The largest absolute Gasteiger partial charge is 0.416 e. The molecule has 0 saturated heterocycles. The molecule has 0 bridgehead atoms. The van der Waals surface area contributed by atoms with Gasteiger partial charge in [0.1, 0.15) is 11.7 Å². The number of hydrogen-bond donors (Lipinski definition) is 4. The predicted molar refractivity (Wildman–Crippen MR) is 84.9 cm³/mol. The van der Waals surface area contributed by atoms with Crippen LogP contribution in [0.5, 0.6) is 0 Å². The van der Waals surface area contributed by atoms with E-state index >= 15 is 0 Å². The maximum atomic E-state index is 12.0. The number of amidine groups is 2. The molecular weight excluding hydrogens is 362 g/mol. The first kappa shape index (κ1) is 21.0. The summed E-state index contributed by atoms with van der Waals surface area (Å²) in [5.74, 6) is -0.484. The van der Waals surface area contributed by atoms with Crippen molar-refractivity contribution in [1.29, 1.82) is 10.8 Å². The summed E-state index contributed by atoms with van der Waals surface area (Å²) in [5.41, 5.74) is 9.24. The molecule has 2 aromatic rings. The molecule has 2 aromatic carbocycles. The molecule has 140 valence electrons. The Labute approximate surface area is 144 Å². The highest BCUT2D eigenvalue weighted by molar-refractivity contribution is 5.95. The zero-order chi connectivity index (χ0) is 20.1. The number of rotatable bonds is 2. The van der Waals surface area contributed by atoms with Crippen LogP contribution in [0, 0.1) is 10.8 Å². The fraction of sp³-hybridized carbons (Fsp3) is 0.125. The quantitative estimate of drug-likeness (QED) is 0.362. The van der Waals surface area contributed by atoms with Crippen molar-refractivity contribution < 1.29 is 26.3 Å². The summed E-state index contributed by atoms with van der Waals surface area (Å²) in [6.07, 6.45) is -8.68. The predicted octanol–water partition coefficient (Wildman–Crippen LogP) is 3.98. The molecular formula is C16H14F6N4. The summed E-state index contributed by atoms with van der Waals surface area (Å²) < 4.78 is 72.2. The van der Waals surface area contributed by atoms with Crippen LogP contribution in [0.15, 0.2) is 48.5 Å². The maximum Gasteiger partial charge on any atom is 0.416 e. The van der Waals surface area contributed by atoms with Crippen molar-refractivity contribution >= 4 is 11.7 Å². The van der Waals surface area contributed by atoms with Gasteiger partial charge in [0.05, 0.1) is 11.1 Å². The van der Waals surface area contributed by atoms with Gasteiger partial charge < -0.3 is 11.5 Å². The Morgan fingerprint density at radius 3 is 0.962 bits per heavy atom. The first-order valence-electron chi connectivity index (χ1n) is 6.85. The zero-order valence-electron chi connectivity index (χ0n) is 13.0. The van der Waals surface area contributed by atoms with Crippen LogP contribution in [-0.2, 0) is 12.4 Å². The molecule has 2 rings (SSSR count). The second kappa shape index (κ2) is 7.89. The van der Waals surface area contributed by atoms with E-state index in [1.807, 2.05) is 0 Å². The third-order valence-electron chi connectivity index (χ3n) is 3.05. The topological polar surface area (TPSA) is 99.7 Å². The zero-order valence-corrected chi connectivity index (χ0v) is 13.0. The Morgan fingerprint density at radius 2 is 0.808 bits per heavy atom. The van der Waals surface area contributed by atoms with Crippen molar-refractivity contribution in [3.8, 4) is 0 Å². The maximum absolute atomic E-state index is 12.0. The molecule has 0 amide bonds. The Balaban J connectivity index is 0.000000260. The lowest BCUT2D eigenvalue weighted by molar-refractivity contribution is -0.138. The molecule has 0 aliphatic rings. The van der Waals surface area contributed by atoms with Crippen LogP contribution >= 0.6 is 0 Å². The van der Waals surface area contributed by atoms with Gasteiger partial charge in [-0.05, 0) is 24.3 Å². The third-order valence-corrected chi connectivity index (χ3v) is 3.05. The summed E-state index contributed by atoms with van der Waals surface area (Å²) in [7, 11) is 0. The van der Waals surface area contributed by atoms with E-state index in [9.17, 15) is 26.3 Å². The lowest BCUT2D eigenvalue weighted by Crippen LogP contribution is -2.12. The van der Waals surface area contributed by atoms with Gasteiger partial charge in [0.15, 0.2) is 0 Å². The van der Waals surface area contributed by atoms with E-state index < -0.39 is 23.5 Å². The molecule has 0 aliphatic heterocycles. The fourth-order valence-corrected chi connectivity index (χ4v) is 1.68. The molecule has 10 heteroatoms. The molecule has 0 atom stereocenters. The summed E-state index contributed by atoms with van der Waals surface area (Å²) >= 11 is 0. The highest BCUT2D eigenvalue weighted by Gasteiger charge is 2.30. The lowest BCUT2D eigenvalue weighted by Gasteiger charge is -2.06. The Hall–Kier alpha value is -3.04.